The molecule has 0 saturated carbocycles. The number of nitrogens with one attached hydrogen (secondary N) is 1. The topological polar surface area (TPSA) is 63.1 Å². The molecule has 3 rings (SSSR count). The highest BCUT2D eigenvalue weighted by molar-refractivity contribution is 6.31. The molecule has 0 aliphatic carbocycles. The summed E-state index contributed by atoms with van der Waals surface area (Å²) < 4.78 is 15.7. The Hall–Kier alpha value is -2.15. The van der Waals surface area contributed by atoms with Crippen LogP contribution in [-0.2, 0) is 0 Å². The third-order valence-corrected chi connectivity index (χ3v) is 4.60. The Morgan fingerprint density at radius 2 is 2.33 bits per heavy atom. The predicted molar refractivity (Wildman–Crippen MR) is 88.2 cm³/mol. The average molecular weight is 352 g/mol. The number of aromatic nitrogens is 3. The number of hydrogen-bond acceptors (Lipinski definition) is 3. The van der Waals surface area contributed by atoms with Crippen LogP contribution in [0.25, 0.3) is 0 Å². The van der Waals surface area contributed by atoms with Gasteiger partial charge in [-0.1, -0.05) is 17.7 Å². The number of likely N-dealkylation sites (tertiary alicyclic amines) is 1. The molecule has 128 valence electrons. The normalized spacial score (nSPS) is 19.1. The van der Waals surface area contributed by atoms with Gasteiger partial charge in [-0.2, -0.15) is 5.10 Å². The molecule has 0 spiro atoms. The molecule has 1 saturated heterocycles. The van der Waals surface area contributed by atoms with E-state index in [1.54, 1.807) is 35.0 Å². The van der Waals surface area contributed by atoms with E-state index in [1.807, 2.05) is 0 Å². The second-order valence-electron chi connectivity index (χ2n) is 5.92. The van der Waals surface area contributed by atoms with Crippen LogP contribution in [0.3, 0.4) is 0 Å². The minimum Gasteiger partial charge on any atom is -0.331 e. The SMILES string of the molecule is CC(NC(=O)N1CCCC(n2cncn2)C1)c1c(F)cccc1Cl. The highest BCUT2D eigenvalue weighted by Gasteiger charge is 2.27. The number of carbonyl (C=O) groups excluding carboxylic acids is 1. The fraction of sp³-hybridized carbons (Fsp3) is 0.438. The summed E-state index contributed by atoms with van der Waals surface area (Å²) in [7, 11) is 0. The van der Waals surface area contributed by atoms with E-state index in [4.69, 9.17) is 11.6 Å². The lowest BCUT2D eigenvalue weighted by Crippen LogP contribution is -2.46. The summed E-state index contributed by atoms with van der Waals surface area (Å²) in [5.41, 5.74) is 0.303. The third-order valence-electron chi connectivity index (χ3n) is 4.27. The van der Waals surface area contributed by atoms with Gasteiger partial charge in [-0.3, -0.25) is 0 Å². The van der Waals surface area contributed by atoms with Gasteiger partial charge in [0, 0.05) is 23.7 Å². The smallest absolute Gasteiger partial charge is 0.317 e. The molecule has 1 aromatic heterocycles. The molecular weight excluding hydrogens is 333 g/mol. The molecule has 24 heavy (non-hydrogen) atoms. The van der Waals surface area contributed by atoms with Crippen molar-refractivity contribution in [1.29, 1.82) is 0 Å². The van der Waals surface area contributed by atoms with Crippen LogP contribution in [0.15, 0.2) is 30.9 Å². The number of nitrogens with zero attached hydrogens (tertiary/aromatic N) is 4. The van der Waals surface area contributed by atoms with Crippen LogP contribution >= 0.6 is 11.6 Å². The number of rotatable bonds is 3. The van der Waals surface area contributed by atoms with Crippen molar-refractivity contribution < 1.29 is 9.18 Å². The monoisotopic (exact) mass is 351 g/mol. The van der Waals surface area contributed by atoms with Crippen molar-refractivity contribution >= 4 is 17.6 Å². The maximum Gasteiger partial charge on any atom is 0.317 e. The van der Waals surface area contributed by atoms with E-state index < -0.39 is 11.9 Å². The second-order valence-corrected chi connectivity index (χ2v) is 6.33. The average Bonchev–Trinajstić information content (AvgIpc) is 3.09. The standard InChI is InChI=1S/C16H19ClFN5O/c1-11(15-13(17)5-2-6-14(15)18)21-16(24)22-7-3-4-12(8-22)23-10-19-9-20-23/h2,5-6,9-12H,3-4,7-8H2,1H3,(H,21,24). The van der Waals surface area contributed by atoms with Crippen molar-refractivity contribution in [2.24, 2.45) is 0 Å². The summed E-state index contributed by atoms with van der Waals surface area (Å²) in [5.74, 6) is -0.422. The lowest BCUT2D eigenvalue weighted by Gasteiger charge is -2.33. The van der Waals surface area contributed by atoms with Gasteiger partial charge in [0.2, 0.25) is 0 Å². The van der Waals surface area contributed by atoms with E-state index in [0.29, 0.717) is 23.7 Å². The fourth-order valence-electron chi connectivity index (χ4n) is 3.03. The summed E-state index contributed by atoms with van der Waals surface area (Å²) in [5, 5.41) is 7.28. The van der Waals surface area contributed by atoms with Crippen LogP contribution in [0.2, 0.25) is 5.02 Å². The molecule has 2 heterocycles. The van der Waals surface area contributed by atoms with Crippen LogP contribution < -0.4 is 5.32 Å². The van der Waals surface area contributed by atoms with E-state index in [0.717, 1.165) is 12.8 Å². The molecule has 2 atom stereocenters. The van der Waals surface area contributed by atoms with Crippen molar-refractivity contribution in [2.75, 3.05) is 13.1 Å². The van der Waals surface area contributed by atoms with Gasteiger partial charge in [0.1, 0.15) is 18.5 Å². The summed E-state index contributed by atoms with van der Waals surface area (Å²) in [4.78, 5) is 18.2. The van der Waals surface area contributed by atoms with Gasteiger partial charge in [0.25, 0.3) is 0 Å². The minimum absolute atomic E-state index is 0.111. The molecule has 0 bridgehead atoms. The first kappa shape index (κ1) is 16.7. The molecule has 6 nitrogen and oxygen atoms in total. The molecular formula is C16H19ClFN5O. The van der Waals surface area contributed by atoms with E-state index in [9.17, 15) is 9.18 Å². The molecule has 2 aromatic rings. The number of piperidine rings is 1. The minimum atomic E-state index is -0.516. The molecule has 1 N–H and O–H groups in total. The van der Waals surface area contributed by atoms with E-state index in [1.165, 1.54) is 12.4 Å². The van der Waals surface area contributed by atoms with Gasteiger partial charge in [-0.25, -0.2) is 18.9 Å². The van der Waals surface area contributed by atoms with Crippen LogP contribution in [-0.4, -0.2) is 38.8 Å². The Morgan fingerprint density at radius 1 is 1.50 bits per heavy atom. The Bertz CT molecular complexity index is 688. The zero-order chi connectivity index (χ0) is 17.1. The van der Waals surface area contributed by atoms with Crippen LogP contribution in [0.1, 0.15) is 37.4 Å². The van der Waals surface area contributed by atoms with Crippen LogP contribution in [0.5, 0.6) is 0 Å². The first-order valence-corrected chi connectivity index (χ1v) is 8.27. The Kier molecular flexibility index (Phi) is 4.99. The number of urea groups is 1. The Morgan fingerprint density at radius 3 is 3.04 bits per heavy atom. The first-order valence-electron chi connectivity index (χ1n) is 7.89. The lowest BCUT2D eigenvalue weighted by atomic mass is 10.1. The molecule has 0 radical (unpaired) electrons. The Balaban J connectivity index is 1.66. The number of carbonyl (C=O) groups is 1. The van der Waals surface area contributed by atoms with Crippen LogP contribution in [0, 0.1) is 5.82 Å². The summed E-state index contributed by atoms with van der Waals surface area (Å²) in [6.07, 6.45) is 4.98. The van der Waals surface area contributed by atoms with Gasteiger partial charge in [-0.15, -0.1) is 0 Å². The van der Waals surface area contributed by atoms with E-state index >= 15 is 0 Å². The lowest BCUT2D eigenvalue weighted by molar-refractivity contribution is 0.160. The number of amides is 2. The number of hydrogen-bond donors (Lipinski definition) is 1. The quantitative estimate of drug-likeness (QED) is 0.923. The summed E-state index contributed by atoms with van der Waals surface area (Å²) >= 11 is 6.06. The highest BCUT2D eigenvalue weighted by Crippen LogP contribution is 2.26. The molecule has 1 aliphatic heterocycles. The number of halogens is 2. The molecule has 1 aliphatic rings. The fourth-order valence-corrected chi connectivity index (χ4v) is 3.36. The molecule has 2 amide bonds. The van der Waals surface area contributed by atoms with Crippen molar-refractivity contribution in [3.8, 4) is 0 Å². The summed E-state index contributed by atoms with van der Waals surface area (Å²) in [6, 6.07) is 3.86. The maximum absolute atomic E-state index is 14.0. The van der Waals surface area contributed by atoms with Crippen molar-refractivity contribution in [3.63, 3.8) is 0 Å². The zero-order valence-electron chi connectivity index (χ0n) is 13.3. The zero-order valence-corrected chi connectivity index (χ0v) is 14.1. The van der Waals surface area contributed by atoms with Gasteiger partial charge >= 0.3 is 6.03 Å². The Labute approximate surface area is 144 Å². The van der Waals surface area contributed by atoms with Gasteiger partial charge in [0.05, 0.1) is 12.1 Å². The molecule has 1 aromatic carbocycles. The van der Waals surface area contributed by atoms with Crippen molar-refractivity contribution in [3.05, 3.63) is 47.3 Å². The third kappa shape index (κ3) is 3.51. The molecule has 2 unspecified atom stereocenters. The second kappa shape index (κ2) is 7.17. The summed E-state index contributed by atoms with van der Waals surface area (Å²) in [6.45, 7) is 2.93. The maximum atomic E-state index is 14.0. The molecule has 1 fully saturated rings. The van der Waals surface area contributed by atoms with Crippen molar-refractivity contribution in [1.82, 2.24) is 25.0 Å². The number of benzene rings is 1. The highest BCUT2D eigenvalue weighted by atomic mass is 35.5. The van der Waals surface area contributed by atoms with Gasteiger partial charge in [-0.05, 0) is 31.9 Å². The van der Waals surface area contributed by atoms with E-state index in [-0.39, 0.29) is 12.1 Å². The van der Waals surface area contributed by atoms with Gasteiger partial charge < -0.3 is 10.2 Å². The predicted octanol–water partition coefficient (Wildman–Crippen LogP) is 3.18. The molecule has 8 heteroatoms. The van der Waals surface area contributed by atoms with Crippen LogP contribution in [0.4, 0.5) is 9.18 Å². The van der Waals surface area contributed by atoms with Gasteiger partial charge in [0.15, 0.2) is 0 Å². The largest absolute Gasteiger partial charge is 0.331 e. The first-order chi connectivity index (χ1) is 11.6. The van der Waals surface area contributed by atoms with E-state index in [2.05, 4.69) is 15.4 Å². The van der Waals surface area contributed by atoms with Crippen molar-refractivity contribution in [2.45, 2.75) is 31.8 Å².